The predicted molar refractivity (Wildman–Crippen MR) is 109 cm³/mol. The third-order valence-corrected chi connectivity index (χ3v) is 6.16. The van der Waals surface area contributed by atoms with Crippen molar-refractivity contribution in [3.05, 3.63) is 54.1 Å². The number of rotatable bonds is 4. The topological polar surface area (TPSA) is 69.7 Å². The van der Waals surface area contributed by atoms with Gasteiger partial charge in [0.05, 0.1) is 11.3 Å². The molecule has 0 bridgehead atoms. The Balaban J connectivity index is 1.60. The predicted octanol–water partition coefficient (Wildman–Crippen LogP) is 3.35. The van der Waals surface area contributed by atoms with Crippen molar-refractivity contribution in [2.24, 2.45) is 0 Å². The minimum atomic E-state index is -0.831. The van der Waals surface area contributed by atoms with E-state index in [4.69, 9.17) is 0 Å². The van der Waals surface area contributed by atoms with Crippen LogP contribution in [0.2, 0.25) is 0 Å². The molecule has 144 valence electrons. The largest absolute Gasteiger partial charge is 0.325 e. The molecule has 2 aromatic carbocycles. The molecular formula is C21H21N3O3S. The molecular weight excluding hydrogens is 374 g/mol. The Morgan fingerprint density at radius 2 is 1.86 bits per heavy atom. The van der Waals surface area contributed by atoms with Crippen molar-refractivity contribution in [1.29, 1.82) is 0 Å². The SMILES string of the molecule is CSc1ccc(NC(=O)CN2C(=O)c3ccccc3N3C(=O)CCC23C)cc1. The van der Waals surface area contributed by atoms with Crippen LogP contribution in [0.15, 0.2) is 53.4 Å². The standard InChI is InChI=1S/C21H21N3O3S/c1-21-12-11-19(26)24(21)17-6-4-3-5-16(17)20(27)23(21)13-18(25)22-14-7-9-15(28-2)10-8-14/h3-10H,11-13H2,1-2H3,(H,22,25). The summed E-state index contributed by atoms with van der Waals surface area (Å²) in [5.74, 6) is -0.539. The van der Waals surface area contributed by atoms with Gasteiger partial charge in [-0.05, 0) is 56.0 Å². The number of fused-ring (bicyclic) bond motifs is 3. The van der Waals surface area contributed by atoms with E-state index in [1.54, 1.807) is 34.9 Å². The van der Waals surface area contributed by atoms with Crippen molar-refractivity contribution in [3.63, 3.8) is 0 Å². The van der Waals surface area contributed by atoms with Crippen molar-refractivity contribution in [3.8, 4) is 0 Å². The Morgan fingerprint density at radius 3 is 2.57 bits per heavy atom. The number of anilines is 2. The molecule has 1 unspecified atom stereocenters. The van der Waals surface area contributed by atoms with Crippen molar-refractivity contribution in [2.45, 2.75) is 30.3 Å². The fourth-order valence-electron chi connectivity index (χ4n) is 3.96. The van der Waals surface area contributed by atoms with Gasteiger partial charge in [0.25, 0.3) is 5.91 Å². The van der Waals surface area contributed by atoms with E-state index in [0.29, 0.717) is 29.8 Å². The number of amides is 3. The van der Waals surface area contributed by atoms with E-state index in [9.17, 15) is 14.4 Å². The molecule has 2 heterocycles. The molecule has 7 heteroatoms. The first-order chi connectivity index (χ1) is 13.4. The number of benzene rings is 2. The molecule has 1 fully saturated rings. The van der Waals surface area contributed by atoms with Gasteiger partial charge in [-0.15, -0.1) is 11.8 Å². The smallest absolute Gasteiger partial charge is 0.258 e. The van der Waals surface area contributed by atoms with E-state index in [0.717, 1.165) is 4.90 Å². The maximum atomic E-state index is 13.1. The number of carbonyl (C=O) groups excluding carboxylic acids is 3. The highest BCUT2D eigenvalue weighted by atomic mass is 32.2. The van der Waals surface area contributed by atoms with E-state index < -0.39 is 5.66 Å². The van der Waals surface area contributed by atoms with Crippen LogP contribution in [0, 0.1) is 0 Å². The van der Waals surface area contributed by atoms with Gasteiger partial charge in [-0.1, -0.05) is 12.1 Å². The Morgan fingerprint density at radius 1 is 1.14 bits per heavy atom. The number of thioether (sulfide) groups is 1. The van der Waals surface area contributed by atoms with Gasteiger partial charge in [-0.2, -0.15) is 0 Å². The molecule has 2 aliphatic heterocycles. The van der Waals surface area contributed by atoms with Gasteiger partial charge in [0.15, 0.2) is 0 Å². The van der Waals surface area contributed by atoms with Gasteiger partial charge in [0.2, 0.25) is 11.8 Å². The summed E-state index contributed by atoms with van der Waals surface area (Å²) in [6.07, 6.45) is 2.84. The number of hydrogen-bond donors (Lipinski definition) is 1. The second kappa shape index (κ2) is 6.98. The van der Waals surface area contributed by atoms with E-state index >= 15 is 0 Å². The lowest BCUT2D eigenvalue weighted by molar-refractivity contribution is -0.120. The summed E-state index contributed by atoms with van der Waals surface area (Å²) < 4.78 is 0. The van der Waals surface area contributed by atoms with Crippen LogP contribution in [0.5, 0.6) is 0 Å². The van der Waals surface area contributed by atoms with Gasteiger partial charge < -0.3 is 10.2 Å². The van der Waals surface area contributed by atoms with E-state index in [2.05, 4.69) is 5.32 Å². The molecule has 0 saturated carbocycles. The molecule has 0 spiro atoms. The Bertz CT molecular complexity index is 960. The third-order valence-electron chi connectivity index (χ3n) is 5.42. The monoisotopic (exact) mass is 395 g/mol. The van der Waals surface area contributed by atoms with Crippen LogP contribution in [-0.4, -0.2) is 41.1 Å². The van der Waals surface area contributed by atoms with Crippen LogP contribution in [0.1, 0.15) is 30.1 Å². The number of carbonyl (C=O) groups is 3. The number of para-hydroxylation sites is 1. The summed E-state index contributed by atoms with van der Waals surface area (Å²) in [5.41, 5.74) is 0.925. The molecule has 0 aromatic heterocycles. The molecule has 1 atom stereocenters. The van der Waals surface area contributed by atoms with Gasteiger partial charge in [-0.3, -0.25) is 19.3 Å². The molecule has 28 heavy (non-hydrogen) atoms. The van der Waals surface area contributed by atoms with Crippen LogP contribution in [-0.2, 0) is 9.59 Å². The molecule has 1 saturated heterocycles. The second-order valence-electron chi connectivity index (χ2n) is 7.13. The highest BCUT2D eigenvalue weighted by molar-refractivity contribution is 7.98. The van der Waals surface area contributed by atoms with Crippen molar-refractivity contribution in [2.75, 3.05) is 23.0 Å². The number of nitrogens with zero attached hydrogens (tertiary/aromatic N) is 2. The summed E-state index contributed by atoms with van der Waals surface area (Å²) in [4.78, 5) is 42.7. The zero-order valence-electron chi connectivity index (χ0n) is 15.8. The lowest BCUT2D eigenvalue weighted by Gasteiger charge is -2.48. The average Bonchev–Trinajstić information content (AvgIpc) is 3.01. The molecule has 6 nitrogen and oxygen atoms in total. The maximum absolute atomic E-state index is 13.1. The van der Waals surface area contributed by atoms with E-state index in [-0.39, 0.29) is 24.3 Å². The normalized spacial score (nSPS) is 20.8. The molecule has 4 rings (SSSR count). The van der Waals surface area contributed by atoms with Crippen LogP contribution < -0.4 is 10.2 Å². The molecule has 2 aromatic rings. The van der Waals surface area contributed by atoms with Crippen molar-refractivity contribution < 1.29 is 14.4 Å². The van der Waals surface area contributed by atoms with Crippen molar-refractivity contribution in [1.82, 2.24) is 4.90 Å². The molecule has 1 N–H and O–H groups in total. The highest BCUT2D eigenvalue weighted by Gasteiger charge is 2.53. The van der Waals surface area contributed by atoms with Gasteiger partial charge in [0, 0.05) is 17.0 Å². The number of nitrogens with one attached hydrogen (secondary N) is 1. The quantitative estimate of drug-likeness (QED) is 0.806. The first kappa shape index (κ1) is 18.6. The Hall–Kier alpha value is -2.80. The fourth-order valence-corrected chi connectivity index (χ4v) is 4.37. The first-order valence-corrected chi connectivity index (χ1v) is 10.3. The summed E-state index contributed by atoms with van der Waals surface area (Å²) in [5, 5.41) is 2.85. The van der Waals surface area contributed by atoms with Crippen LogP contribution in [0.4, 0.5) is 11.4 Å². The average molecular weight is 395 g/mol. The minimum absolute atomic E-state index is 0.0273. The Labute approximate surface area is 167 Å². The summed E-state index contributed by atoms with van der Waals surface area (Å²) in [6, 6.07) is 14.6. The minimum Gasteiger partial charge on any atom is -0.325 e. The van der Waals surface area contributed by atoms with Crippen molar-refractivity contribution >= 4 is 40.9 Å². The third kappa shape index (κ3) is 2.96. The summed E-state index contributed by atoms with van der Waals surface area (Å²) in [6.45, 7) is 1.74. The molecule has 3 amide bonds. The summed E-state index contributed by atoms with van der Waals surface area (Å²) in [7, 11) is 0. The second-order valence-corrected chi connectivity index (χ2v) is 8.01. The van der Waals surface area contributed by atoms with Gasteiger partial charge in [-0.25, -0.2) is 0 Å². The van der Waals surface area contributed by atoms with E-state index in [1.807, 2.05) is 43.5 Å². The van der Waals surface area contributed by atoms with Crippen LogP contribution >= 0.6 is 11.8 Å². The molecule has 2 aliphatic rings. The van der Waals surface area contributed by atoms with E-state index in [1.165, 1.54) is 4.90 Å². The van der Waals surface area contributed by atoms with Gasteiger partial charge >= 0.3 is 0 Å². The zero-order valence-corrected chi connectivity index (χ0v) is 16.6. The molecule has 0 aliphatic carbocycles. The number of hydrogen-bond acceptors (Lipinski definition) is 4. The Kier molecular flexibility index (Phi) is 4.63. The zero-order chi connectivity index (χ0) is 19.9. The lowest BCUT2D eigenvalue weighted by Crippen LogP contribution is -2.63. The van der Waals surface area contributed by atoms with Gasteiger partial charge in [0.1, 0.15) is 12.2 Å². The maximum Gasteiger partial charge on any atom is 0.258 e. The van der Waals surface area contributed by atoms with Crippen LogP contribution in [0.25, 0.3) is 0 Å². The van der Waals surface area contributed by atoms with Crippen LogP contribution in [0.3, 0.4) is 0 Å². The fraction of sp³-hybridized carbons (Fsp3) is 0.286. The first-order valence-electron chi connectivity index (χ1n) is 9.12. The highest BCUT2D eigenvalue weighted by Crippen LogP contribution is 2.43. The summed E-state index contributed by atoms with van der Waals surface area (Å²) >= 11 is 1.63. The molecule has 0 radical (unpaired) electrons. The lowest BCUT2D eigenvalue weighted by atomic mass is 9.98.